The van der Waals surface area contributed by atoms with Crippen LogP contribution in [0.2, 0.25) is 0 Å². The summed E-state index contributed by atoms with van der Waals surface area (Å²) in [6.45, 7) is 3.25. The average molecular weight is 318 g/mol. The van der Waals surface area contributed by atoms with Crippen molar-refractivity contribution in [3.05, 3.63) is 28.2 Å². The van der Waals surface area contributed by atoms with Crippen LogP contribution in [0.3, 0.4) is 0 Å². The fraction of sp³-hybridized carbons (Fsp3) is 0.538. The van der Waals surface area contributed by atoms with Gasteiger partial charge in [0.15, 0.2) is 0 Å². The van der Waals surface area contributed by atoms with Crippen molar-refractivity contribution in [3.8, 4) is 5.75 Å². The highest BCUT2D eigenvalue weighted by Crippen LogP contribution is 2.27. The molecule has 0 aromatic heterocycles. The Kier molecular flexibility index (Phi) is 7.00. The first-order chi connectivity index (χ1) is 8.19. The van der Waals surface area contributed by atoms with Crippen LogP contribution in [0.15, 0.2) is 22.7 Å². The van der Waals surface area contributed by atoms with E-state index in [2.05, 4.69) is 46.6 Å². The maximum absolute atomic E-state index is 5.22. The highest BCUT2D eigenvalue weighted by Gasteiger charge is 2.07. The molecule has 17 heavy (non-hydrogen) atoms. The first kappa shape index (κ1) is 14.9. The van der Waals surface area contributed by atoms with Gasteiger partial charge in [0.05, 0.1) is 11.6 Å². The lowest BCUT2D eigenvalue weighted by Crippen LogP contribution is -2.20. The van der Waals surface area contributed by atoms with Gasteiger partial charge < -0.3 is 10.1 Å². The molecule has 0 saturated carbocycles. The molecule has 2 nitrogen and oxygen atoms in total. The lowest BCUT2D eigenvalue weighted by atomic mass is 10.1. The van der Waals surface area contributed by atoms with Crippen molar-refractivity contribution in [2.75, 3.05) is 25.7 Å². The predicted molar refractivity (Wildman–Crippen MR) is 80.1 cm³/mol. The standard InChI is InChI=1S/C13H20BrNOS/c1-10(15-7-4-8-17-3)11-5-6-13(16-2)12(14)9-11/h5-6,9-10,15H,4,7-8H2,1-3H3. The molecule has 0 aliphatic rings. The second kappa shape index (κ2) is 8.01. The van der Waals surface area contributed by atoms with Crippen LogP contribution in [-0.4, -0.2) is 25.7 Å². The van der Waals surface area contributed by atoms with Crippen LogP contribution in [-0.2, 0) is 0 Å². The van der Waals surface area contributed by atoms with Gasteiger partial charge >= 0.3 is 0 Å². The summed E-state index contributed by atoms with van der Waals surface area (Å²) in [6, 6.07) is 6.60. The maximum Gasteiger partial charge on any atom is 0.133 e. The molecule has 0 heterocycles. The van der Waals surface area contributed by atoms with Gasteiger partial charge in [-0.1, -0.05) is 6.07 Å². The fourth-order valence-corrected chi connectivity index (χ4v) is 2.60. The number of benzene rings is 1. The largest absolute Gasteiger partial charge is 0.496 e. The Bertz CT molecular complexity index is 346. The molecule has 0 aliphatic carbocycles. The van der Waals surface area contributed by atoms with E-state index in [0.29, 0.717) is 6.04 Å². The number of nitrogens with one attached hydrogen (secondary N) is 1. The minimum atomic E-state index is 0.374. The zero-order chi connectivity index (χ0) is 12.7. The summed E-state index contributed by atoms with van der Waals surface area (Å²) in [7, 11) is 1.68. The topological polar surface area (TPSA) is 21.3 Å². The first-order valence-corrected chi connectivity index (χ1v) is 7.93. The Morgan fingerprint density at radius 3 is 2.82 bits per heavy atom. The van der Waals surface area contributed by atoms with Gasteiger partial charge in [0, 0.05) is 6.04 Å². The molecule has 0 amide bonds. The summed E-state index contributed by atoms with van der Waals surface area (Å²) in [5.41, 5.74) is 1.28. The molecule has 4 heteroatoms. The number of hydrogen-bond donors (Lipinski definition) is 1. The molecule has 1 rings (SSSR count). The molecule has 1 unspecified atom stereocenters. The lowest BCUT2D eigenvalue weighted by molar-refractivity contribution is 0.411. The Morgan fingerprint density at radius 2 is 2.24 bits per heavy atom. The zero-order valence-electron chi connectivity index (χ0n) is 10.6. The molecule has 1 aromatic carbocycles. The maximum atomic E-state index is 5.22. The normalized spacial score (nSPS) is 12.5. The van der Waals surface area contributed by atoms with E-state index in [1.54, 1.807) is 7.11 Å². The number of thioether (sulfide) groups is 1. The first-order valence-electron chi connectivity index (χ1n) is 5.74. The molecule has 0 bridgehead atoms. The van der Waals surface area contributed by atoms with E-state index in [4.69, 9.17) is 4.74 Å². The Labute approximate surface area is 117 Å². The van der Waals surface area contributed by atoms with Crippen LogP contribution in [0.4, 0.5) is 0 Å². The molecule has 1 aromatic rings. The van der Waals surface area contributed by atoms with Gasteiger partial charge in [-0.25, -0.2) is 0 Å². The molecule has 0 saturated heterocycles. The van der Waals surface area contributed by atoms with Gasteiger partial charge in [0.2, 0.25) is 0 Å². The molecule has 0 aliphatic heterocycles. The van der Waals surface area contributed by atoms with Gasteiger partial charge in [0.1, 0.15) is 5.75 Å². The number of rotatable bonds is 7. The molecule has 1 N–H and O–H groups in total. The summed E-state index contributed by atoms with van der Waals surface area (Å²) in [6.07, 6.45) is 3.35. The molecule has 96 valence electrons. The molecule has 0 spiro atoms. The van der Waals surface area contributed by atoms with Crippen molar-refractivity contribution in [3.63, 3.8) is 0 Å². The van der Waals surface area contributed by atoms with Crippen LogP contribution < -0.4 is 10.1 Å². The summed E-state index contributed by atoms with van der Waals surface area (Å²) >= 11 is 5.40. The SMILES string of the molecule is COc1ccc(C(C)NCCCSC)cc1Br. The van der Waals surface area contributed by atoms with Crippen LogP contribution in [0.25, 0.3) is 0 Å². The summed E-state index contributed by atoms with van der Waals surface area (Å²) in [4.78, 5) is 0. The molecule has 1 atom stereocenters. The van der Waals surface area contributed by atoms with Crippen molar-refractivity contribution in [1.82, 2.24) is 5.32 Å². The number of methoxy groups -OCH3 is 1. The van der Waals surface area contributed by atoms with E-state index in [1.165, 1.54) is 17.7 Å². The van der Waals surface area contributed by atoms with Gasteiger partial charge in [-0.2, -0.15) is 11.8 Å². The van der Waals surface area contributed by atoms with E-state index in [0.717, 1.165) is 16.8 Å². The van der Waals surface area contributed by atoms with Crippen LogP contribution in [0.1, 0.15) is 24.9 Å². The molecular formula is C13H20BrNOS. The van der Waals surface area contributed by atoms with Gasteiger partial charge in [-0.15, -0.1) is 0 Å². The smallest absolute Gasteiger partial charge is 0.133 e. The van der Waals surface area contributed by atoms with Gasteiger partial charge in [-0.3, -0.25) is 0 Å². The van der Waals surface area contributed by atoms with Crippen molar-refractivity contribution in [1.29, 1.82) is 0 Å². The molecule has 0 radical (unpaired) electrons. The van der Waals surface area contributed by atoms with Crippen molar-refractivity contribution >= 4 is 27.7 Å². The quantitative estimate of drug-likeness (QED) is 0.771. The summed E-state index contributed by atoms with van der Waals surface area (Å²) < 4.78 is 6.23. The zero-order valence-corrected chi connectivity index (χ0v) is 13.0. The second-order valence-corrected chi connectivity index (χ2v) is 5.76. The predicted octanol–water partition coefficient (Wildman–Crippen LogP) is 3.86. The third-order valence-electron chi connectivity index (χ3n) is 2.65. The van der Waals surface area contributed by atoms with Crippen LogP contribution in [0.5, 0.6) is 5.75 Å². The van der Waals surface area contributed by atoms with Crippen molar-refractivity contribution < 1.29 is 4.74 Å². The van der Waals surface area contributed by atoms with E-state index in [9.17, 15) is 0 Å². The van der Waals surface area contributed by atoms with E-state index >= 15 is 0 Å². The minimum absolute atomic E-state index is 0.374. The second-order valence-electron chi connectivity index (χ2n) is 3.92. The highest BCUT2D eigenvalue weighted by atomic mass is 79.9. The van der Waals surface area contributed by atoms with E-state index in [-0.39, 0.29) is 0 Å². The highest BCUT2D eigenvalue weighted by molar-refractivity contribution is 9.10. The third kappa shape index (κ3) is 4.90. The average Bonchev–Trinajstić information content (AvgIpc) is 2.34. The van der Waals surface area contributed by atoms with Gasteiger partial charge in [0.25, 0.3) is 0 Å². The lowest BCUT2D eigenvalue weighted by Gasteiger charge is -2.15. The van der Waals surface area contributed by atoms with Crippen molar-refractivity contribution in [2.24, 2.45) is 0 Å². The fourth-order valence-electron chi connectivity index (χ4n) is 1.60. The Balaban J connectivity index is 2.51. The van der Waals surface area contributed by atoms with E-state index in [1.807, 2.05) is 17.8 Å². The Hall–Kier alpha value is -0.190. The number of ether oxygens (including phenoxy) is 1. The summed E-state index contributed by atoms with van der Waals surface area (Å²) in [5.74, 6) is 2.09. The van der Waals surface area contributed by atoms with Crippen LogP contribution in [0, 0.1) is 0 Å². The summed E-state index contributed by atoms with van der Waals surface area (Å²) in [5, 5.41) is 3.52. The van der Waals surface area contributed by atoms with E-state index < -0.39 is 0 Å². The molecule has 0 fully saturated rings. The van der Waals surface area contributed by atoms with Crippen LogP contribution >= 0.6 is 27.7 Å². The number of hydrogen-bond acceptors (Lipinski definition) is 3. The molecular weight excluding hydrogens is 298 g/mol. The Morgan fingerprint density at radius 1 is 1.47 bits per heavy atom. The monoisotopic (exact) mass is 317 g/mol. The third-order valence-corrected chi connectivity index (χ3v) is 3.97. The van der Waals surface area contributed by atoms with Gasteiger partial charge in [-0.05, 0) is 65.5 Å². The van der Waals surface area contributed by atoms with Crippen molar-refractivity contribution in [2.45, 2.75) is 19.4 Å². The number of halogens is 1. The minimum Gasteiger partial charge on any atom is -0.496 e.